The Balaban J connectivity index is 2.24. The number of halogens is 1. The molecule has 0 heterocycles. The molecule has 0 fully saturated rings. The van der Waals surface area contributed by atoms with Gasteiger partial charge in [-0.05, 0) is 36.2 Å². The summed E-state index contributed by atoms with van der Waals surface area (Å²) in [6.45, 7) is 2.25. The molecule has 22 heavy (non-hydrogen) atoms. The van der Waals surface area contributed by atoms with Crippen molar-refractivity contribution in [3.63, 3.8) is 0 Å². The molecule has 0 unspecified atom stereocenters. The molecule has 0 aliphatic rings. The predicted octanol–water partition coefficient (Wildman–Crippen LogP) is 4.10. The lowest BCUT2D eigenvalue weighted by atomic mass is 10.0. The number of rotatable bonds is 5. The minimum absolute atomic E-state index is 0.217. The molecular formula is C17H15ClN2O2. The van der Waals surface area contributed by atoms with Crippen molar-refractivity contribution in [2.45, 2.75) is 13.5 Å². The monoisotopic (exact) mass is 314 g/mol. The predicted molar refractivity (Wildman–Crippen MR) is 86.1 cm³/mol. The molecule has 0 bridgehead atoms. The Labute approximate surface area is 134 Å². The van der Waals surface area contributed by atoms with Gasteiger partial charge in [-0.2, -0.15) is 5.26 Å². The van der Waals surface area contributed by atoms with E-state index in [2.05, 4.69) is 5.16 Å². The van der Waals surface area contributed by atoms with Crippen molar-refractivity contribution in [3.05, 3.63) is 64.2 Å². The molecule has 2 rings (SSSR count). The number of hydrogen-bond acceptors (Lipinski definition) is 4. The highest BCUT2D eigenvalue weighted by Gasteiger charge is 2.10. The number of benzene rings is 2. The summed E-state index contributed by atoms with van der Waals surface area (Å²) in [5, 5.41) is 13.6. The van der Waals surface area contributed by atoms with Crippen molar-refractivity contribution in [1.82, 2.24) is 0 Å². The summed E-state index contributed by atoms with van der Waals surface area (Å²) in [6, 6.07) is 14.9. The van der Waals surface area contributed by atoms with Crippen LogP contribution in [0.2, 0.25) is 5.02 Å². The molecule has 0 aromatic heterocycles. The van der Waals surface area contributed by atoms with Crippen LogP contribution in [0.15, 0.2) is 47.6 Å². The van der Waals surface area contributed by atoms with Gasteiger partial charge in [0.15, 0.2) is 5.71 Å². The number of aryl methyl sites for hydroxylation is 1. The van der Waals surface area contributed by atoms with Crippen LogP contribution in [0.3, 0.4) is 0 Å². The summed E-state index contributed by atoms with van der Waals surface area (Å²) in [5.74, 6) is 0.751. The highest BCUT2D eigenvalue weighted by molar-refractivity contribution is 6.30. The van der Waals surface area contributed by atoms with E-state index in [9.17, 15) is 5.26 Å². The first-order valence-corrected chi connectivity index (χ1v) is 7.02. The molecule has 0 atom stereocenters. The highest BCUT2D eigenvalue weighted by Crippen LogP contribution is 2.23. The molecule has 0 N–H and O–H groups in total. The SMILES string of the molecule is CON=C(C#N)c1ccccc1COc1ccc(Cl)cc1C. The maximum Gasteiger partial charge on any atom is 0.187 e. The molecule has 5 heteroatoms. The van der Waals surface area contributed by atoms with E-state index in [1.165, 1.54) is 7.11 Å². The standard InChI is InChI=1S/C17H15ClN2O2/c1-12-9-14(18)7-8-17(12)22-11-13-5-3-4-6-15(13)16(10-19)20-21-2/h3-9H,11H2,1-2H3. The minimum Gasteiger partial charge on any atom is -0.489 e. The van der Waals surface area contributed by atoms with E-state index in [0.717, 1.165) is 16.9 Å². The van der Waals surface area contributed by atoms with Gasteiger partial charge >= 0.3 is 0 Å². The van der Waals surface area contributed by atoms with Crippen LogP contribution < -0.4 is 4.74 Å². The summed E-state index contributed by atoms with van der Waals surface area (Å²) in [7, 11) is 1.41. The van der Waals surface area contributed by atoms with Gasteiger partial charge in [0.25, 0.3) is 0 Å². The van der Waals surface area contributed by atoms with Crippen LogP contribution in [-0.4, -0.2) is 12.8 Å². The van der Waals surface area contributed by atoms with Crippen molar-refractivity contribution in [1.29, 1.82) is 5.26 Å². The molecule has 0 saturated carbocycles. The fourth-order valence-electron chi connectivity index (χ4n) is 2.03. The molecule has 0 aliphatic carbocycles. The molecule has 0 aliphatic heterocycles. The first-order valence-electron chi connectivity index (χ1n) is 6.64. The molecule has 0 radical (unpaired) electrons. The van der Waals surface area contributed by atoms with Crippen LogP contribution in [0, 0.1) is 18.3 Å². The Morgan fingerprint density at radius 1 is 1.27 bits per heavy atom. The van der Waals surface area contributed by atoms with Crippen molar-refractivity contribution < 1.29 is 9.57 Å². The largest absolute Gasteiger partial charge is 0.489 e. The Morgan fingerprint density at radius 2 is 2.05 bits per heavy atom. The quantitative estimate of drug-likeness (QED) is 0.616. The zero-order valence-electron chi connectivity index (χ0n) is 12.3. The number of nitrogens with zero attached hydrogens (tertiary/aromatic N) is 2. The number of nitriles is 1. The van der Waals surface area contributed by atoms with E-state index in [4.69, 9.17) is 21.2 Å². The fourth-order valence-corrected chi connectivity index (χ4v) is 2.26. The fraction of sp³-hybridized carbons (Fsp3) is 0.176. The van der Waals surface area contributed by atoms with Crippen LogP contribution in [0.1, 0.15) is 16.7 Å². The smallest absolute Gasteiger partial charge is 0.187 e. The Kier molecular flexibility index (Phi) is 5.40. The average molecular weight is 315 g/mol. The lowest BCUT2D eigenvalue weighted by Crippen LogP contribution is -2.06. The first-order chi connectivity index (χ1) is 10.7. The van der Waals surface area contributed by atoms with Gasteiger partial charge < -0.3 is 9.57 Å². The number of oxime groups is 1. The second kappa shape index (κ2) is 7.48. The third-order valence-corrected chi connectivity index (χ3v) is 3.32. The zero-order chi connectivity index (χ0) is 15.9. The van der Waals surface area contributed by atoms with Gasteiger partial charge in [-0.3, -0.25) is 0 Å². The van der Waals surface area contributed by atoms with Crippen molar-refractivity contribution >= 4 is 17.3 Å². The Hall–Kier alpha value is -2.51. The number of ether oxygens (including phenoxy) is 1. The normalized spacial score (nSPS) is 10.9. The molecule has 0 amide bonds. The minimum atomic E-state index is 0.217. The van der Waals surface area contributed by atoms with Gasteiger partial charge in [0.2, 0.25) is 0 Å². The third kappa shape index (κ3) is 3.78. The summed E-state index contributed by atoms with van der Waals surface area (Å²) in [4.78, 5) is 4.71. The van der Waals surface area contributed by atoms with E-state index in [0.29, 0.717) is 17.2 Å². The van der Waals surface area contributed by atoms with Crippen LogP contribution in [0.5, 0.6) is 5.75 Å². The van der Waals surface area contributed by atoms with Gasteiger partial charge in [0.1, 0.15) is 25.5 Å². The van der Waals surface area contributed by atoms with Crippen LogP contribution >= 0.6 is 11.6 Å². The molecule has 112 valence electrons. The van der Waals surface area contributed by atoms with Crippen LogP contribution in [-0.2, 0) is 11.4 Å². The van der Waals surface area contributed by atoms with Crippen molar-refractivity contribution in [2.24, 2.45) is 5.16 Å². The van der Waals surface area contributed by atoms with Gasteiger partial charge in [-0.25, -0.2) is 0 Å². The molecule has 0 saturated heterocycles. The average Bonchev–Trinajstić information content (AvgIpc) is 2.52. The van der Waals surface area contributed by atoms with Crippen LogP contribution in [0.25, 0.3) is 0 Å². The Bertz CT molecular complexity index is 736. The van der Waals surface area contributed by atoms with E-state index in [1.807, 2.05) is 49.4 Å². The molecule has 2 aromatic carbocycles. The maximum atomic E-state index is 9.18. The topological polar surface area (TPSA) is 54.6 Å². The van der Waals surface area contributed by atoms with E-state index in [-0.39, 0.29) is 5.71 Å². The highest BCUT2D eigenvalue weighted by atomic mass is 35.5. The van der Waals surface area contributed by atoms with E-state index in [1.54, 1.807) is 6.07 Å². The molecule has 2 aromatic rings. The van der Waals surface area contributed by atoms with Gasteiger partial charge in [0, 0.05) is 10.6 Å². The zero-order valence-corrected chi connectivity index (χ0v) is 13.1. The summed E-state index contributed by atoms with van der Waals surface area (Å²) >= 11 is 5.93. The maximum absolute atomic E-state index is 9.18. The summed E-state index contributed by atoms with van der Waals surface area (Å²) < 4.78 is 5.83. The van der Waals surface area contributed by atoms with E-state index < -0.39 is 0 Å². The second-order valence-corrected chi connectivity index (χ2v) is 5.03. The Morgan fingerprint density at radius 3 is 2.73 bits per heavy atom. The van der Waals surface area contributed by atoms with Gasteiger partial charge in [-0.1, -0.05) is 41.0 Å². The summed E-state index contributed by atoms with van der Waals surface area (Å²) in [5.41, 5.74) is 2.72. The third-order valence-electron chi connectivity index (χ3n) is 3.08. The molecule has 4 nitrogen and oxygen atoms in total. The number of hydrogen-bond donors (Lipinski definition) is 0. The lowest BCUT2D eigenvalue weighted by molar-refractivity contribution is 0.214. The lowest BCUT2D eigenvalue weighted by Gasteiger charge is -2.12. The molecule has 0 spiro atoms. The van der Waals surface area contributed by atoms with E-state index >= 15 is 0 Å². The van der Waals surface area contributed by atoms with Crippen molar-refractivity contribution in [2.75, 3.05) is 7.11 Å². The van der Waals surface area contributed by atoms with Gasteiger partial charge in [0.05, 0.1) is 0 Å². The van der Waals surface area contributed by atoms with Gasteiger partial charge in [-0.15, -0.1) is 0 Å². The molecular weight excluding hydrogens is 300 g/mol. The first kappa shape index (κ1) is 15.9. The van der Waals surface area contributed by atoms with Crippen molar-refractivity contribution in [3.8, 4) is 11.8 Å². The van der Waals surface area contributed by atoms with Crippen LogP contribution in [0.4, 0.5) is 0 Å². The second-order valence-electron chi connectivity index (χ2n) is 4.59. The summed E-state index contributed by atoms with van der Waals surface area (Å²) in [6.07, 6.45) is 0.